The lowest BCUT2D eigenvalue weighted by atomic mass is 10.1. The number of benzene rings is 1. The van der Waals surface area contributed by atoms with E-state index in [-0.39, 0.29) is 5.82 Å². The van der Waals surface area contributed by atoms with Crippen molar-refractivity contribution >= 4 is 11.5 Å². The zero-order chi connectivity index (χ0) is 13.9. The van der Waals surface area contributed by atoms with Crippen LogP contribution in [0.5, 0.6) is 0 Å². The van der Waals surface area contributed by atoms with E-state index in [1.807, 2.05) is 25.3 Å². The van der Waals surface area contributed by atoms with Gasteiger partial charge in [-0.1, -0.05) is 6.07 Å². The standard InChI is InChI=1S/C16H18FN3/c1-2-18-16-9-12(5-7-19-16)11-20-8-6-13-3-4-14(17)10-15(13)20/h3-5,7,9-10H,2,6,8,11H2,1H3,(H,18,19). The molecule has 0 saturated heterocycles. The number of rotatable bonds is 4. The van der Waals surface area contributed by atoms with Crippen molar-refractivity contribution in [1.82, 2.24) is 4.98 Å². The molecular weight excluding hydrogens is 253 g/mol. The van der Waals surface area contributed by atoms with E-state index >= 15 is 0 Å². The van der Waals surface area contributed by atoms with E-state index in [9.17, 15) is 4.39 Å². The zero-order valence-electron chi connectivity index (χ0n) is 11.6. The topological polar surface area (TPSA) is 28.2 Å². The van der Waals surface area contributed by atoms with E-state index in [0.29, 0.717) is 0 Å². The molecule has 0 saturated carbocycles. The van der Waals surface area contributed by atoms with E-state index in [2.05, 4.69) is 21.3 Å². The van der Waals surface area contributed by atoms with Crippen molar-refractivity contribution in [3.8, 4) is 0 Å². The van der Waals surface area contributed by atoms with Crippen LogP contribution in [0.3, 0.4) is 0 Å². The summed E-state index contributed by atoms with van der Waals surface area (Å²) in [5, 5.41) is 3.21. The number of nitrogens with one attached hydrogen (secondary N) is 1. The highest BCUT2D eigenvalue weighted by Crippen LogP contribution is 2.30. The zero-order valence-corrected chi connectivity index (χ0v) is 11.6. The minimum absolute atomic E-state index is 0.168. The summed E-state index contributed by atoms with van der Waals surface area (Å²) in [6.07, 6.45) is 2.80. The Morgan fingerprint density at radius 3 is 3.05 bits per heavy atom. The summed E-state index contributed by atoms with van der Waals surface area (Å²) in [5.41, 5.74) is 3.44. The largest absolute Gasteiger partial charge is 0.370 e. The van der Waals surface area contributed by atoms with Crippen molar-refractivity contribution in [2.45, 2.75) is 19.9 Å². The molecule has 2 heterocycles. The lowest BCUT2D eigenvalue weighted by molar-refractivity contribution is 0.627. The number of hydrogen-bond donors (Lipinski definition) is 1. The fraction of sp³-hybridized carbons (Fsp3) is 0.312. The first-order valence-electron chi connectivity index (χ1n) is 6.98. The van der Waals surface area contributed by atoms with Gasteiger partial charge in [0.1, 0.15) is 11.6 Å². The maximum absolute atomic E-state index is 13.4. The van der Waals surface area contributed by atoms with Gasteiger partial charge in [0.25, 0.3) is 0 Å². The number of nitrogens with zero attached hydrogens (tertiary/aromatic N) is 2. The minimum Gasteiger partial charge on any atom is -0.370 e. The molecule has 0 unspecified atom stereocenters. The molecule has 3 nitrogen and oxygen atoms in total. The first kappa shape index (κ1) is 12.9. The van der Waals surface area contributed by atoms with Crippen LogP contribution in [0.4, 0.5) is 15.9 Å². The van der Waals surface area contributed by atoms with Crippen LogP contribution in [0.1, 0.15) is 18.1 Å². The summed E-state index contributed by atoms with van der Waals surface area (Å²) in [7, 11) is 0. The van der Waals surface area contributed by atoms with Gasteiger partial charge < -0.3 is 10.2 Å². The Bertz CT molecular complexity index is 612. The third kappa shape index (κ3) is 2.59. The molecule has 1 N–H and O–H groups in total. The Morgan fingerprint density at radius 1 is 1.30 bits per heavy atom. The Labute approximate surface area is 118 Å². The van der Waals surface area contributed by atoms with Crippen LogP contribution < -0.4 is 10.2 Å². The smallest absolute Gasteiger partial charge is 0.126 e. The minimum atomic E-state index is -0.168. The number of hydrogen-bond acceptors (Lipinski definition) is 3. The molecular formula is C16H18FN3. The van der Waals surface area contributed by atoms with Gasteiger partial charge >= 0.3 is 0 Å². The van der Waals surface area contributed by atoms with Crippen LogP contribution in [0.2, 0.25) is 0 Å². The van der Waals surface area contributed by atoms with E-state index < -0.39 is 0 Å². The Balaban J connectivity index is 1.80. The summed E-state index contributed by atoms with van der Waals surface area (Å²) < 4.78 is 13.4. The summed E-state index contributed by atoms with van der Waals surface area (Å²) >= 11 is 0. The van der Waals surface area contributed by atoms with E-state index in [1.54, 1.807) is 6.07 Å². The predicted molar refractivity (Wildman–Crippen MR) is 79.6 cm³/mol. The molecule has 1 aliphatic rings. The van der Waals surface area contributed by atoms with Crippen molar-refractivity contribution in [1.29, 1.82) is 0 Å². The highest BCUT2D eigenvalue weighted by molar-refractivity contribution is 5.58. The summed E-state index contributed by atoms with van der Waals surface area (Å²) in [6, 6.07) is 9.13. The molecule has 0 atom stereocenters. The molecule has 0 amide bonds. The summed E-state index contributed by atoms with van der Waals surface area (Å²) in [5.74, 6) is 0.724. The van der Waals surface area contributed by atoms with Crippen LogP contribution in [-0.2, 0) is 13.0 Å². The van der Waals surface area contributed by atoms with Gasteiger partial charge in [-0.2, -0.15) is 0 Å². The van der Waals surface area contributed by atoms with Crippen LogP contribution in [0.15, 0.2) is 36.5 Å². The second kappa shape index (κ2) is 5.49. The molecule has 1 aromatic carbocycles. The lowest BCUT2D eigenvalue weighted by Gasteiger charge is -2.19. The number of pyridine rings is 1. The Hall–Kier alpha value is -2.10. The van der Waals surface area contributed by atoms with Crippen molar-refractivity contribution in [3.63, 3.8) is 0 Å². The van der Waals surface area contributed by atoms with Crippen LogP contribution in [-0.4, -0.2) is 18.1 Å². The molecule has 4 heteroatoms. The lowest BCUT2D eigenvalue weighted by Crippen LogP contribution is -2.19. The molecule has 1 aromatic heterocycles. The van der Waals surface area contributed by atoms with Gasteiger partial charge in [0, 0.05) is 31.5 Å². The summed E-state index contributed by atoms with van der Waals surface area (Å²) in [6.45, 7) is 4.64. The second-order valence-corrected chi connectivity index (χ2v) is 5.02. The molecule has 1 aliphatic heterocycles. The van der Waals surface area contributed by atoms with Crippen molar-refractivity contribution in [2.24, 2.45) is 0 Å². The maximum atomic E-state index is 13.4. The van der Waals surface area contributed by atoms with E-state index in [1.165, 1.54) is 17.2 Å². The highest BCUT2D eigenvalue weighted by atomic mass is 19.1. The van der Waals surface area contributed by atoms with Crippen molar-refractivity contribution in [3.05, 3.63) is 53.5 Å². The molecule has 0 fully saturated rings. The molecule has 2 aromatic rings. The third-order valence-electron chi connectivity index (χ3n) is 3.59. The SMILES string of the molecule is CCNc1cc(CN2CCc3ccc(F)cc32)ccn1. The molecule has 20 heavy (non-hydrogen) atoms. The Kier molecular flexibility index (Phi) is 3.54. The molecule has 0 spiro atoms. The normalized spacial score (nSPS) is 13.4. The number of fused-ring (bicyclic) bond motifs is 1. The summed E-state index contributed by atoms with van der Waals surface area (Å²) in [4.78, 5) is 6.50. The van der Waals surface area contributed by atoms with Crippen LogP contribution >= 0.6 is 0 Å². The average molecular weight is 271 g/mol. The fourth-order valence-corrected chi connectivity index (χ4v) is 2.65. The van der Waals surface area contributed by atoms with E-state index in [4.69, 9.17) is 0 Å². The molecule has 3 rings (SSSR count). The van der Waals surface area contributed by atoms with Crippen molar-refractivity contribution < 1.29 is 4.39 Å². The maximum Gasteiger partial charge on any atom is 0.126 e. The quantitative estimate of drug-likeness (QED) is 0.925. The van der Waals surface area contributed by atoms with Gasteiger partial charge in [-0.3, -0.25) is 0 Å². The van der Waals surface area contributed by atoms with Crippen LogP contribution in [0, 0.1) is 5.82 Å². The van der Waals surface area contributed by atoms with Gasteiger partial charge in [-0.15, -0.1) is 0 Å². The molecule has 0 aliphatic carbocycles. The third-order valence-corrected chi connectivity index (χ3v) is 3.59. The second-order valence-electron chi connectivity index (χ2n) is 5.02. The monoisotopic (exact) mass is 271 g/mol. The van der Waals surface area contributed by atoms with Crippen molar-refractivity contribution in [2.75, 3.05) is 23.3 Å². The highest BCUT2D eigenvalue weighted by Gasteiger charge is 2.19. The first-order chi connectivity index (χ1) is 9.76. The molecule has 0 radical (unpaired) electrons. The predicted octanol–water partition coefficient (Wildman–Crippen LogP) is 3.22. The van der Waals surface area contributed by atoms with Gasteiger partial charge in [-0.05, 0) is 48.7 Å². The fourth-order valence-electron chi connectivity index (χ4n) is 2.65. The van der Waals surface area contributed by atoms with Gasteiger partial charge in [0.15, 0.2) is 0 Å². The van der Waals surface area contributed by atoms with Gasteiger partial charge in [0.05, 0.1) is 0 Å². The Morgan fingerprint density at radius 2 is 2.20 bits per heavy atom. The van der Waals surface area contributed by atoms with Gasteiger partial charge in [0.2, 0.25) is 0 Å². The molecule has 104 valence electrons. The number of halogens is 1. The van der Waals surface area contributed by atoms with E-state index in [0.717, 1.165) is 37.6 Å². The van der Waals surface area contributed by atoms with Crippen LogP contribution in [0.25, 0.3) is 0 Å². The number of anilines is 2. The molecule has 0 bridgehead atoms. The average Bonchev–Trinajstić information content (AvgIpc) is 2.82. The van der Waals surface area contributed by atoms with Gasteiger partial charge in [-0.25, -0.2) is 9.37 Å². The number of aromatic nitrogens is 1. The first-order valence-corrected chi connectivity index (χ1v) is 6.98.